The average molecular weight is 221 g/mol. The molecule has 2 heterocycles. The third-order valence-corrected chi connectivity index (χ3v) is 2.76. The van der Waals surface area contributed by atoms with Gasteiger partial charge in [0.25, 0.3) is 0 Å². The summed E-state index contributed by atoms with van der Waals surface area (Å²) >= 11 is 0. The van der Waals surface area contributed by atoms with Gasteiger partial charge in [-0.25, -0.2) is 9.97 Å². The number of hydrogen-bond acceptors (Lipinski definition) is 4. The lowest BCUT2D eigenvalue weighted by atomic mass is 10.1. The van der Waals surface area contributed by atoms with Crippen molar-refractivity contribution in [3.05, 3.63) is 18.1 Å². The van der Waals surface area contributed by atoms with Crippen LogP contribution >= 0.6 is 0 Å². The molecule has 0 bridgehead atoms. The predicted octanol–water partition coefficient (Wildman–Crippen LogP) is 1.09. The number of aromatic nitrogens is 2. The summed E-state index contributed by atoms with van der Waals surface area (Å²) in [5, 5.41) is 8.82. The lowest BCUT2D eigenvalue weighted by molar-refractivity contribution is -0.136. The molecule has 0 aliphatic carbocycles. The molecule has 1 aliphatic heterocycles. The zero-order valence-electron chi connectivity index (χ0n) is 9.09. The van der Waals surface area contributed by atoms with E-state index in [1.165, 1.54) is 12.7 Å². The summed E-state index contributed by atoms with van der Waals surface area (Å²) < 4.78 is 0. The summed E-state index contributed by atoms with van der Waals surface area (Å²) in [6.07, 6.45) is 6.62. The monoisotopic (exact) mass is 221 g/mol. The van der Waals surface area contributed by atoms with Crippen LogP contribution in [0.3, 0.4) is 0 Å². The Hall–Kier alpha value is -1.65. The Morgan fingerprint density at radius 1 is 1.38 bits per heavy atom. The molecular weight excluding hydrogens is 206 g/mol. The fourth-order valence-electron chi connectivity index (χ4n) is 2.03. The van der Waals surface area contributed by atoms with Crippen LogP contribution in [0.2, 0.25) is 0 Å². The van der Waals surface area contributed by atoms with Crippen molar-refractivity contribution in [1.82, 2.24) is 9.97 Å². The number of carboxylic acid groups (broad SMARTS) is 1. The number of nitrogens with zero attached hydrogens (tertiary/aromatic N) is 3. The second kappa shape index (κ2) is 4.92. The lowest BCUT2D eigenvalue weighted by Gasteiger charge is -2.28. The van der Waals surface area contributed by atoms with Gasteiger partial charge in [-0.05, 0) is 19.3 Å². The van der Waals surface area contributed by atoms with Gasteiger partial charge in [0.15, 0.2) is 0 Å². The Morgan fingerprint density at radius 3 is 2.81 bits per heavy atom. The van der Waals surface area contributed by atoms with Crippen LogP contribution in [0, 0.1) is 0 Å². The molecule has 1 aromatic rings. The molecule has 16 heavy (non-hydrogen) atoms. The largest absolute Gasteiger partial charge is 0.481 e. The average Bonchev–Trinajstić information content (AvgIpc) is 2.30. The SMILES string of the molecule is O=C(O)Cc1cncnc1N1CCCCC1. The third kappa shape index (κ3) is 2.48. The molecule has 1 aliphatic rings. The molecule has 0 spiro atoms. The van der Waals surface area contributed by atoms with E-state index in [0.717, 1.165) is 31.7 Å². The van der Waals surface area contributed by atoms with Gasteiger partial charge in [-0.3, -0.25) is 4.79 Å². The van der Waals surface area contributed by atoms with E-state index in [0.29, 0.717) is 5.56 Å². The van der Waals surface area contributed by atoms with Gasteiger partial charge in [0.2, 0.25) is 0 Å². The van der Waals surface area contributed by atoms with E-state index in [2.05, 4.69) is 14.9 Å². The van der Waals surface area contributed by atoms with Crippen molar-refractivity contribution in [2.24, 2.45) is 0 Å². The molecule has 0 unspecified atom stereocenters. The summed E-state index contributed by atoms with van der Waals surface area (Å²) in [5.74, 6) is -0.0508. The highest BCUT2D eigenvalue weighted by Crippen LogP contribution is 2.21. The van der Waals surface area contributed by atoms with Crippen LogP contribution in [0.15, 0.2) is 12.5 Å². The third-order valence-electron chi connectivity index (χ3n) is 2.76. The van der Waals surface area contributed by atoms with Crippen molar-refractivity contribution in [2.75, 3.05) is 18.0 Å². The molecule has 86 valence electrons. The van der Waals surface area contributed by atoms with E-state index in [4.69, 9.17) is 5.11 Å². The van der Waals surface area contributed by atoms with Crippen LogP contribution in [0.4, 0.5) is 5.82 Å². The van der Waals surface area contributed by atoms with E-state index < -0.39 is 5.97 Å². The number of carbonyl (C=O) groups is 1. The summed E-state index contributed by atoms with van der Waals surface area (Å²) in [6, 6.07) is 0. The summed E-state index contributed by atoms with van der Waals surface area (Å²) in [4.78, 5) is 21.0. The predicted molar refractivity (Wildman–Crippen MR) is 59.4 cm³/mol. The quantitative estimate of drug-likeness (QED) is 0.827. The maximum absolute atomic E-state index is 10.7. The molecular formula is C11H15N3O2. The van der Waals surface area contributed by atoms with Crippen molar-refractivity contribution in [1.29, 1.82) is 0 Å². The van der Waals surface area contributed by atoms with Crippen LogP contribution in [0.1, 0.15) is 24.8 Å². The molecule has 0 aromatic carbocycles. The topological polar surface area (TPSA) is 66.3 Å². The van der Waals surface area contributed by atoms with Crippen LogP contribution in [-0.2, 0) is 11.2 Å². The highest BCUT2D eigenvalue weighted by molar-refractivity contribution is 5.72. The standard InChI is InChI=1S/C11H15N3O2/c15-10(16)6-9-7-12-8-13-11(9)14-4-2-1-3-5-14/h7-8H,1-6H2,(H,15,16). The number of carboxylic acids is 1. The minimum Gasteiger partial charge on any atom is -0.481 e. The maximum Gasteiger partial charge on any atom is 0.308 e. The number of hydrogen-bond donors (Lipinski definition) is 1. The van der Waals surface area contributed by atoms with Gasteiger partial charge in [-0.2, -0.15) is 0 Å². The van der Waals surface area contributed by atoms with Crippen molar-refractivity contribution >= 4 is 11.8 Å². The van der Waals surface area contributed by atoms with Crippen LogP contribution in [-0.4, -0.2) is 34.1 Å². The Labute approximate surface area is 94.1 Å². The van der Waals surface area contributed by atoms with Crippen molar-refractivity contribution in [2.45, 2.75) is 25.7 Å². The molecule has 5 heteroatoms. The Balaban J connectivity index is 2.20. The second-order valence-corrected chi connectivity index (χ2v) is 3.99. The zero-order chi connectivity index (χ0) is 11.4. The molecule has 0 saturated carbocycles. The van der Waals surface area contributed by atoms with Crippen molar-refractivity contribution in [3.63, 3.8) is 0 Å². The fourth-order valence-corrected chi connectivity index (χ4v) is 2.03. The summed E-state index contributed by atoms with van der Waals surface area (Å²) in [7, 11) is 0. The normalized spacial score (nSPS) is 16.1. The van der Waals surface area contributed by atoms with E-state index >= 15 is 0 Å². The van der Waals surface area contributed by atoms with Gasteiger partial charge in [0.1, 0.15) is 12.1 Å². The molecule has 5 nitrogen and oxygen atoms in total. The lowest BCUT2D eigenvalue weighted by Crippen LogP contribution is -2.31. The van der Waals surface area contributed by atoms with Crippen LogP contribution < -0.4 is 4.90 Å². The fraction of sp³-hybridized carbons (Fsp3) is 0.545. The molecule has 1 N–H and O–H groups in total. The zero-order valence-corrected chi connectivity index (χ0v) is 9.09. The summed E-state index contributed by atoms with van der Waals surface area (Å²) in [5.41, 5.74) is 0.705. The first kappa shape index (κ1) is 10.9. The van der Waals surface area contributed by atoms with Crippen molar-refractivity contribution < 1.29 is 9.90 Å². The number of anilines is 1. The molecule has 0 atom stereocenters. The molecule has 1 saturated heterocycles. The van der Waals surface area contributed by atoms with Gasteiger partial charge >= 0.3 is 5.97 Å². The molecule has 1 fully saturated rings. The van der Waals surface area contributed by atoms with Crippen molar-refractivity contribution in [3.8, 4) is 0 Å². The van der Waals surface area contributed by atoms with Gasteiger partial charge < -0.3 is 10.0 Å². The minimum absolute atomic E-state index is 0.00727. The van der Waals surface area contributed by atoms with Gasteiger partial charge in [0.05, 0.1) is 6.42 Å². The van der Waals surface area contributed by atoms with Crippen LogP contribution in [0.25, 0.3) is 0 Å². The van der Waals surface area contributed by atoms with E-state index in [1.807, 2.05) is 0 Å². The molecule has 1 aromatic heterocycles. The first-order valence-electron chi connectivity index (χ1n) is 5.53. The van der Waals surface area contributed by atoms with Gasteiger partial charge in [-0.1, -0.05) is 0 Å². The smallest absolute Gasteiger partial charge is 0.308 e. The number of rotatable bonds is 3. The first-order valence-corrected chi connectivity index (χ1v) is 5.53. The summed E-state index contributed by atoms with van der Waals surface area (Å²) in [6.45, 7) is 1.92. The van der Waals surface area contributed by atoms with Crippen LogP contribution in [0.5, 0.6) is 0 Å². The Bertz CT molecular complexity index is 375. The Kier molecular flexibility index (Phi) is 3.34. The molecule has 0 radical (unpaired) electrons. The second-order valence-electron chi connectivity index (χ2n) is 3.99. The highest BCUT2D eigenvalue weighted by Gasteiger charge is 2.17. The number of piperidine rings is 1. The van der Waals surface area contributed by atoms with Gasteiger partial charge in [-0.15, -0.1) is 0 Å². The van der Waals surface area contributed by atoms with Gasteiger partial charge in [0, 0.05) is 24.8 Å². The van der Waals surface area contributed by atoms with E-state index in [1.54, 1.807) is 6.20 Å². The maximum atomic E-state index is 10.7. The van der Waals surface area contributed by atoms with E-state index in [-0.39, 0.29) is 6.42 Å². The molecule has 0 amide bonds. The Morgan fingerprint density at radius 2 is 2.12 bits per heavy atom. The molecule has 2 rings (SSSR count). The number of aliphatic carboxylic acids is 1. The highest BCUT2D eigenvalue weighted by atomic mass is 16.4. The first-order chi connectivity index (χ1) is 7.77. The van der Waals surface area contributed by atoms with E-state index in [9.17, 15) is 4.79 Å². The minimum atomic E-state index is -0.840.